The van der Waals surface area contributed by atoms with E-state index in [-0.39, 0.29) is 23.7 Å². The molecule has 110 valence electrons. The molecule has 0 radical (unpaired) electrons. The second-order valence-electron chi connectivity index (χ2n) is 6.07. The van der Waals surface area contributed by atoms with Crippen LogP contribution in [0.2, 0.25) is 0 Å². The minimum absolute atomic E-state index is 0.0840. The first-order valence-corrected chi connectivity index (χ1v) is 7.92. The Morgan fingerprint density at radius 3 is 1.30 bits per heavy atom. The normalized spacial score (nSPS) is 22.0. The first kappa shape index (κ1) is 13.7. The molecule has 4 heteroatoms. The average Bonchev–Trinajstić information content (AvgIpc) is 2.52. The van der Waals surface area contributed by atoms with Crippen molar-refractivity contribution in [2.45, 2.75) is 76.4 Å². The lowest BCUT2D eigenvalue weighted by Crippen LogP contribution is -2.38. The van der Waals surface area contributed by atoms with Gasteiger partial charge in [0.05, 0.1) is 12.2 Å². The molecule has 1 aromatic carbocycles. The number of hydrogen-bond acceptors (Lipinski definition) is 4. The number of rotatable bonds is 4. The summed E-state index contributed by atoms with van der Waals surface area (Å²) in [6, 6.07) is 0. The molecule has 0 aromatic heterocycles. The van der Waals surface area contributed by atoms with E-state index in [0.29, 0.717) is 0 Å². The van der Waals surface area contributed by atoms with Crippen LogP contribution in [0.1, 0.15) is 64.2 Å². The quantitative estimate of drug-likeness (QED) is 0.795. The average molecular weight is 278 g/mol. The van der Waals surface area contributed by atoms with Crippen LogP contribution in [-0.4, -0.2) is 12.2 Å². The molecule has 0 saturated heterocycles. The van der Waals surface area contributed by atoms with E-state index in [1.165, 1.54) is 12.8 Å². The van der Waals surface area contributed by atoms with Gasteiger partial charge in [-0.15, -0.1) is 0 Å². The molecular formula is C16H22O4. The summed E-state index contributed by atoms with van der Waals surface area (Å²) in [5, 5.41) is 0. The zero-order valence-electron chi connectivity index (χ0n) is 11.9. The minimum atomic E-state index is -0.499. The number of ether oxygens (including phenoxy) is 2. The van der Waals surface area contributed by atoms with Gasteiger partial charge in [0.25, 0.3) is 10.9 Å². The first-order chi connectivity index (χ1) is 9.75. The Balaban J connectivity index is 1.66. The van der Waals surface area contributed by atoms with E-state index in [0.717, 1.165) is 51.4 Å². The van der Waals surface area contributed by atoms with Crippen molar-refractivity contribution in [3.8, 4) is 11.5 Å². The van der Waals surface area contributed by atoms with Crippen molar-refractivity contribution >= 4 is 0 Å². The fourth-order valence-electron chi connectivity index (χ4n) is 3.26. The van der Waals surface area contributed by atoms with E-state index in [2.05, 4.69) is 0 Å². The summed E-state index contributed by atoms with van der Waals surface area (Å²) in [5.74, 6) is 0.403. The fraction of sp³-hybridized carbons (Fsp3) is 0.750. The SMILES string of the molecule is O=c1c(OC2CCCCC2)c(OC2CCCCC2)c1=O. The molecule has 1 aromatic rings. The highest BCUT2D eigenvalue weighted by Gasteiger charge is 2.30. The van der Waals surface area contributed by atoms with Gasteiger partial charge in [0.1, 0.15) is 0 Å². The molecule has 0 aliphatic heterocycles. The predicted octanol–water partition coefficient (Wildman–Crippen LogP) is 2.71. The van der Waals surface area contributed by atoms with Crippen LogP contribution in [0.25, 0.3) is 0 Å². The molecule has 0 amide bonds. The Bertz CT molecular complexity index is 467. The Morgan fingerprint density at radius 2 is 0.950 bits per heavy atom. The largest absolute Gasteiger partial charge is 0.483 e. The summed E-state index contributed by atoms with van der Waals surface area (Å²) in [6.45, 7) is 0. The van der Waals surface area contributed by atoms with Gasteiger partial charge < -0.3 is 9.47 Å². The van der Waals surface area contributed by atoms with E-state index in [1.54, 1.807) is 0 Å². The van der Waals surface area contributed by atoms with Gasteiger partial charge in [0, 0.05) is 0 Å². The van der Waals surface area contributed by atoms with Crippen molar-refractivity contribution in [1.29, 1.82) is 0 Å². The van der Waals surface area contributed by atoms with Gasteiger partial charge in [-0.1, -0.05) is 12.8 Å². The molecule has 2 saturated carbocycles. The lowest BCUT2D eigenvalue weighted by molar-refractivity contribution is 0.116. The predicted molar refractivity (Wildman–Crippen MR) is 76.4 cm³/mol. The fourth-order valence-corrected chi connectivity index (χ4v) is 3.26. The van der Waals surface area contributed by atoms with Gasteiger partial charge in [-0.05, 0) is 51.4 Å². The van der Waals surface area contributed by atoms with Crippen LogP contribution in [-0.2, 0) is 0 Å². The maximum atomic E-state index is 11.7. The molecular weight excluding hydrogens is 256 g/mol. The maximum Gasteiger partial charge on any atom is 0.275 e. The monoisotopic (exact) mass is 278 g/mol. The summed E-state index contributed by atoms with van der Waals surface area (Å²) in [4.78, 5) is 23.3. The van der Waals surface area contributed by atoms with E-state index in [1.807, 2.05) is 0 Å². The highest BCUT2D eigenvalue weighted by atomic mass is 16.5. The Labute approximate surface area is 118 Å². The summed E-state index contributed by atoms with van der Waals surface area (Å²) in [7, 11) is 0. The van der Waals surface area contributed by atoms with E-state index < -0.39 is 10.9 Å². The van der Waals surface area contributed by atoms with Crippen molar-refractivity contribution in [2.24, 2.45) is 0 Å². The first-order valence-electron chi connectivity index (χ1n) is 7.92. The molecule has 4 nitrogen and oxygen atoms in total. The topological polar surface area (TPSA) is 52.6 Å². The van der Waals surface area contributed by atoms with Crippen molar-refractivity contribution < 1.29 is 9.47 Å². The molecule has 2 fully saturated rings. The molecule has 0 N–H and O–H groups in total. The molecule has 0 atom stereocenters. The van der Waals surface area contributed by atoms with Crippen LogP contribution >= 0.6 is 0 Å². The third-order valence-electron chi connectivity index (χ3n) is 4.50. The van der Waals surface area contributed by atoms with Crippen LogP contribution in [0.4, 0.5) is 0 Å². The highest BCUT2D eigenvalue weighted by molar-refractivity contribution is 5.46. The third kappa shape index (κ3) is 2.74. The smallest absolute Gasteiger partial charge is 0.275 e. The highest BCUT2D eigenvalue weighted by Crippen LogP contribution is 2.30. The van der Waals surface area contributed by atoms with Crippen LogP contribution in [0, 0.1) is 0 Å². The zero-order valence-corrected chi connectivity index (χ0v) is 11.9. The van der Waals surface area contributed by atoms with E-state index in [4.69, 9.17) is 9.47 Å². The molecule has 2 aliphatic carbocycles. The molecule has 3 rings (SSSR count). The van der Waals surface area contributed by atoms with Gasteiger partial charge in [-0.3, -0.25) is 9.59 Å². The summed E-state index contributed by atoms with van der Waals surface area (Å²) < 4.78 is 11.5. The summed E-state index contributed by atoms with van der Waals surface area (Å²) in [5.41, 5.74) is -0.997. The second kappa shape index (κ2) is 5.98. The van der Waals surface area contributed by atoms with Gasteiger partial charge in [0.2, 0.25) is 11.5 Å². The summed E-state index contributed by atoms with van der Waals surface area (Å²) >= 11 is 0. The maximum absolute atomic E-state index is 11.7. The molecule has 20 heavy (non-hydrogen) atoms. The van der Waals surface area contributed by atoms with Crippen LogP contribution in [0.3, 0.4) is 0 Å². The third-order valence-corrected chi connectivity index (χ3v) is 4.50. The minimum Gasteiger partial charge on any atom is -0.483 e. The number of hydrogen-bond donors (Lipinski definition) is 0. The second-order valence-corrected chi connectivity index (χ2v) is 6.07. The molecule has 0 bridgehead atoms. The zero-order chi connectivity index (χ0) is 13.9. The molecule has 0 unspecified atom stereocenters. The van der Waals surface area contributed by atoms with E-state index >= 15 is 0 Å². The van der Waals surface area contributed by atoms with Gasteiger partial charge in [-0.2, -0.15) is 0 Å². The molecule has 2 aliphatic rings. The standard InChI is InChI=1S/C16H22O4/c17-13-14(18)16(20-12-9-5-2-6-10-12)15(13)19-11-7-3-1-4-8-11/h11-12H,1-10H2. The van der Waals surface area contributed by atoms with Gasteiger partial charge >= 0.3 is 0 Å². The van der Waals surface area contributed by atoms with Crippen LogP contribution in [0.15, 0.2) is 9.59 Å². The van der Waals surface area contributed by atoms with Crippen molar-refractivity contribution in [2.75, 3.05) is 0 Å². The summed E-state index contributed by atoms with van der Waals surface area (Å²) in [6.07, 6.45) is 11.1. The van der Waals surface area contributed by atoms with Crippen molar-refractivity contribution in [3.05, 3.63) is 20.4 Å². The Morgan fingerprint density at radius 1 is 0.600 bits per heavy atom. The molecule has 0 heterocycles. The van der Waals surface area contributed by atoms with Gasteiger partial charge in [0.15, 0.2) is 0 Å². The lowest BCUT2D eigenvalue weighted by Gasteiger charge is -2.27. The van der Waals surface area contributed by atoms with Crippen molar-refractivity contribution in [3.63, 3.8) is 0 Å². The van der Waals surface area contributed by atoms with Gasteiger partial charge in [-0.25, -0.2) is 0 Å². The Kier molecular flexibility index (Phi) is 4.08. The van der Waals surface area contributed by atoms with Crippen LogP contribution < -0.4 is 20.3 Å². The lowest BCUT2D eigenvalue weighted by atomic mass is 9.97. The Hall–Kier alpha value is -1.32. The van der Waals surface area contributed by atoms with E-state index in [9.17, 15) is 9.59 Å². The van der Waals surface area contributed by atoms with Crippen LogP contribution in [0.5, 0.6) is 11.5 Å². The molecule has 0 spiro atoms. The van der Waals surface area contributed by atoms with Crippen molar-refractivity contribution in [1.82, 2.24) is 0 Å².